The Morgan fingerprint density at radius 1 is 1.35 bits per heavy atom. The highest BCUT2D eigenvalue weighted by Gasteiger charge is 2.25. The molecule has 26 heavy (non-hydrogen) atoms. The third-order valence-corrected chi connectivity index (χ3v) is 5.91. The van der Waals surface area contributed by atoms with Crippen LogP contribution in [0, 0.1) is 12.8 Å². The number of benzene rings is 1. The lowest BCUT2D eigenvalue weighted by Gasteiger charge is -2.30. The number of imidazole rings is 1. The molecule has 1 fully saturated rings. The summed E-state index contributed by atoms with van der Waals surface area (Å²) >= 11 is 1.68. The van der Waals surface area contributed by atoms with Gasteiger partial charge >= 0.3 is 0 Å². The summed E-state index contributed by atoms with van der Waals surface area (Å²) in [6, 6.07) is 10.4. The van der Waals surface area contributed by atoms with E-state index in [0.29, 0.717) is 6.54 Å². The first kappa shape index (κ1) is 17.2. The number of nitrogens with zero attached hydrogens (tertiary/aromatic N) is 2. The van der Waals surface area contributed by atoms with Crippen molar-refractivity contribution in [2.24, 2.45) is 5.92 Å². The molecule has 1 aliphatic heterocycles. The van der Waals surface area contributed by atoms with Gasteiger partial charge in [-0.2, -0.15) is 0 Å². The second-order valence-electron chi connectivity index (χ2n) is 7.05. The van der Waals surface area contributed by atoms with Gasteiger partial charge in [0.1, 0.15) is 5.82 Å². The molecule has 6 heteroatoms. The molecule has 2 N–H and O–H groups in total. The lowest BCUT2D eigenvalue weighted by molar-refractivity contribution is -0.126. The Kier molecular flexibility index (Phi) is 5.04. The Balaban J connectivity index is 1.28. The van der Waals surface area contributed by atoms with Crippen molar-refractivity contribution in [1.82, 2.24) is 20.2 Å². The summed E-state index contributed by atoms with van der Waals surface area (Å²) in [5.74, 6) is 1.33. The smallest absolute Gasteiger partial charge is 0.223 e. The molecule has 0 atom stereocenters. The predicted molar refractivity (Wildman–Crippen MR) is 105 cm³/mol. The fraction of sp³-hybridized carbons (Fsp3) is 0.400. The topological polar surface area (TPSA) is 61.0 Å². The number of hydrogen-bond acceptors (Lipinski definition) is 4. The van der Waals surface area contributed by atoms with Crippen molar-refractivity contribution in [2.75, 3.05) is 13.1 Å². The Hall–Kier alpha value is -2.18. The van der Waals surface area contributed by atoms with E-state index >= 15 is 0 Å². The maximum absolute atomic E-state index is 12.4. The number of aromatic nitrogens is 2. The maximum atomic E-state index is 12.4. The van der Waals surface area contributed by atoms with Gasteiger partial charge in [-0.1, -0.05) is 12.1 Å². The molecular weight excluding hydrogens is 344 g/mol. The first-order chi connectivity index (χ1) is 12.7. The number of aryl methyl sites for hydroxylation is 1. The Bertz CT molecular complexity index is 878. The molecule has 1 aliphatic rings. The predicted octanol–water partition coefficient (Wildman–Crippen LogP) is 3.46. The molecule has 0 spiro atoms. The number of carbonyl (C=O) groups is 1. The minimum absolute atomic E-state index is 0.129. The van der Waals surface area contributed by atoms with Crippen LogP contribution in [0.25, 0.3) is 11.0 Å². The fourth-order valence-corrected chi connectivity index (χ4v) is 4.19. The minimum Gasteiger partial charge on any atom is -0.351 e. The van der Waals surface area contributed by atoms with E-state index in [9.17, 15) is 4.79 Å². The molecule has 0 aliphatic carbocycles. The molecule has 0 radical (unpaired) electrons. The SMILES string of the molecule is Cc1ccc2nc(CN3CCC(C(=O)NCc4cccs4)CC3)[nH]c2c1. The first-order valence-corrected chi connectivity index (χ1v) is 10.0. The number of rotatable bonds is 5. The zero-order valence-electron chi connectivity index (χ0n) is 15.0. The highest BCUT2D eigenvalue weighted by molar-refractivity contribution is 7.09. The summed E-state index contributed by atoms with van der Waals surface area (Å²) in [5, 5.41) is 5.12. The monoisotopic (exact) mass is 368 g/mol. The Morgan fingerprint density at radius 2 is 2.19 bits per heavy atom. The van der Waals surface area contributed by atoms with Crippen LogP contribution in [0.3, 0.4) is 0 Å². The van der Waals surface area contributed by atoms with Crippen molar-refractivity contribution in [2.45, 2.75) is 32.9 Å². The standard InChI is InChI=1S/C20H24N4OS/c1-14-4-5-17-18(11-14)23-19(22-17)13-24-8-6-15(7-9-24)20(25)21-12-16-3-2-10-26-16/h2-5,10-11,15H,6-9,12-13H2,1H3,(H,21,25)(H,22,23). The van der Waals surface area contributed by atoms with E-state index in [1.54, 1.807) is 11.3 Å². The number of carbonyl (C=O) groups excluding carboxylic acids is 1. The second-order valence-corrected chi connectivity index (χ2v) is 8.08. The fourth-order valence-electron chi connectivity index (χ4n) is 3.55. The summed E-state index contributed by atoms with van der Waals surface area (Å²) in [7, 11) is 0. The van der Waals surface area contributed by atoms with Crippen molar-refractivity contribution in [1.29, 1.82) is 0 Å². The summed E-state index contributed by atoms with van der Waals surface area (Å²) in [6.45, 7) is 5.43. The highest BCUT2D eigenvalue weighted by Crippen LogP contribution is 2.20. The van der Waals surface area contributed by atoms with Crippen LogP contribution in [0.15, 0.2) is 35.7 Å². The molecule has 0 bridgehead atoms. The number of aromatic amines is 1. The minimum atomic E-state index is 0.129. The largest absolute Gasteiger partial charge is 0.351 e. The molecular formula is C20H24N4OS. The van der Waals surface area contributed by atoms with Gasteiger partial charge in [0.2, 0.25) is 5.91 Å². The number of amides is 1. The van der Waals surface area contributed by atoms with Crippen LogP contribution in [0.5, 0.6) is 0 Å². The van der Waals surface area contributed by atoms with Gasteiger partial charge in [-0.3, -0.25) is 9.69 Å². The number of nitrogens with one attached hydrogen (secondary N) is 2. The third-order valence-electron chi connectivity index (χ3n) is 5.04. The average Bonchev–Trinajstić information content (AvgIpc) is 3.29. The molecule has 2 aromatic heterocycles. The van der Waals surface area contributed by atoms with Gasteiger partial charge in [-0.25, -0.2) is 4.98 Å². The summed E-state index contributed by atoms with van der Waals surface area (Å²) in [5.41, 5.74) is 3.36. The van der Waals surface area contributed by atoms with Crippen LogP contribution < -0.4 is 5.32 Å². The summed E-state index contributed by atoms with van der Waals surface area (Å²) in [4.78, 5) is 24.1. The van der Waals surface area contributed by atoms with Crippen molar-refractivity contribution in [3.63, 3.8) is 0 Å². The van der Waals surface area contributed by atoms with E-state index < -0.39 is 0 Å². The van der Waals surface area contributed by atoms with Gasteiger partial charge in [-0.15, -0.1) is 11.3 Å². The zero-order valence-corrected chi connectivity index (χ0v) is 15.8. The van der Waals surface area contributed by atoms with Crippen LogP contribution in [-0.4, -0.2) is 33.9 Å². The molecule has 1 aromatic carbocycles. The van der Waals surface area contributed by atoms with Gasteiger partial charge in [-0.05, 0) is 62.0 Å². The van der Waals surface area contributed by atoms with Crippen molar-refractivity contribution in [3.05, 3.63) is 52.0 Å². The molecule has 4 rings (SSSR count). The number of thiophene rings is 1. The van der Waals surface area contributed by atoms with Crippen molar-refractivity contribution in [3.8, 4) is 0 Å². The zero-order chi connectivity index (χ0) is 17.9. The van der Waals surface area contributed by atoms with Gasteiger partial charge in [0.15, 0.2) is 0 Å². The second kappa shape index (κ2) is 7.60. The quantitative estimate of drug-likeness (QED) is 0.725. The van der Waals surface area contributed by atoms with Gasteiger partial charge in [0.25, 0.3) is 0 Å². The molecule has 0 saturated carbocycles. The molecule has 1 amide bonds. The lowest BCUT2D eigenvalue weighted by Crippen LogP contribution is -2.40. The van der Waals surface area contributed by atoms with E-state index in [2.05, 4.69) is 51.4 Å². The van der Waals surface area contributed by atoms with Gasteiger partial charge in [0.05, 0.1) is 24.1 Å². The van der Waals surface area contributed by atoms with Crippen molar-refractivity contribution < 1.29 is 4.79 Å². The van der Waals surface area contributed by atoms with Gasteiger partial charge in [0, 0.05) is 10.8 Å². The lowest BCUT2D eigenvalue weighted by atomic mass is 9.96. The number of hydrogen-bond donors (Lipinski definition) is 2. The molecule has 3 aromatic rings. The highest BCUT2D eigenvalue weighted by atomic mass is 32.1. The Labute approximate surface area is 157 Å². The van der Waals surface area contributed by atoms with Crippen LogP contribution >= 0.6 is 11.3 Å². The van der Waals surface area contributed by atoms with Gasteiger partial charge < -0.3 is 10.3 Å². The van der Waals surface area contributed by atoms with E-state index in [-0.39, 0.29) is 11.8 Å². The van der Waals surface area contributed by atoms with E-state index in [0.717, 1.165) is 49.3 Å². The van der Waals surface area contributed by atoms with E-state index in [1.165, 1.54) is 10.4 Å². The third kappa shape index (κ3) is 3.97. The Morgan fingerprint density at radius 3 is 2.96 bits per heavy atom. The molecule has 5 nitrogen and oxygen atoms in total. The number of likely N-dealkylation sites (tertiary alicyclic amines) is 1. The number of piperidine rings is 1. The first-order valence-electron chi connectivity index (χ1n) is 9.15. The number of fused-ring (bicyclic) bond motifs is 1. The summed E-state index contributed by atoms with van der Waals surface area (Å²) < 4.78 is 0. The molecule has 0 unspecified atom stereocenters. The summed E-state index contributed by atoms with van der Waals surface area (Å²) in [6.07, 6.45) is 1.82. The van der Waals surface area contributed by atoms with E-state index in [4.69, 9.17) is 0 Å². The van der Waals surface area contributed by atoms with Crippen LogP contribution in [0.4, 0.5) is 0 Å². The molecule has 3 heterocycles. The molecule has 136 valence electrons. The molecule has 1 saturated heterocycles. The average molecular weight is 369 g/mol. The van der Waals surface area contributed by atoms with Crippen LogP contribution in [0.2, 0.25) is 0 Å². The van der Waals surface area contributed by atoms with Crippen LogP contribution in [-0.2, 0) is 17.9 Å². The maximum Gasteiger partial charge on any atom is 0.223 e. The van der Waals surface area contributed by atoms with Crippen LogP contribution in [0.1, 0.15) is 29.1 Å². The normalized spacial score (nSPS) is 16.2. The van der Waals surface area contributed by atoms with Crippen molar-refractivity contribution >= 4 is 28.3 Å². The number of H-pyrrole nitrogens is 1. The van der Waals surface area contributed by atoms with E-state index in [1.807, 2.05) is 11.4 Å².